The van der Waals surface area contributed by atoms with Crippen LogP contribution in [0.4, 0.5) is 0 Å². The van der Waals surface area contributed by atoms with Crippen molar-refractivity contribution in [2.75, 3.05) is 18.6 Å². The molecule has 0 spiro atoms. The van der Waals surface area contributed by atoms with E-state index in [9.17, 15) is 0 Å². The smallest absolute Gasteiger partial charge is 0.0208 e. The highest BCUT2D eigenvalue weighted by molar-refractivity contribution is 7.98. The number of hydrogen-bond donors (Lipinski definition) is 1. The van der Waals surface area contributed by atoms with Crippen LogP contribution in [0.5, 0.6) is 0 Å². The molecule has 0 radical (unpaired) electrons. The molecule has 0 saturated heterocycles. The summed E-state index contributed by atoms with van der Waals surface area (Å²) in [6.45, 7) is 2.18. The first kappa shape index (κ1) is 12.0. The Bertz CT molecular complexity index is 320. The summed E-state index contributed by atoms with van der Waals surface area (Å²) >= 11 is 1.93. The standard InChI is InChI=1S/C14H21NS/c1-16-10-4-9-15-11-13-5-2-3-6-14(13)12-7-8-12/h2-3,5-6,12,15H,4,7-11H2,1H3. The zero-order valence-corrected chi connectivity index (χ0v) is 10.9. The third-order valence-electron chi connectivity index (χ3n) is 3.09. The van der Waals surface area contributed by atoms with Gasteiger partial charge < -0.3 is 5.32 Å². The van der Waals surface area contributed by atoms with E-state index in [-0.39, 0.29) is 0 Å². The van der Waals surface area contributed by atoms with Gasteiger partial charge in [-0.25, -0.2) is 0 Å². The lowest BCUT2D eigenvalue weighted by atomic mass is 10.0. The molecule has 1 fully saturated rings. The highest BCUT2D eigenvalue weighted by Crippen LogP contribution is 2.41. The summed E-state index contributed by atoms with van der Waals surface area (Å²) < 4.78 is 0. The molecule has 1 aromatic rings. The maximum absolute atomic E-state index is 3.55. The minimum atomic E-state index is 0.865. The molecule has 1 aliphatic carbocycles. The molecule has 16 heavy (non-hydrogen) atoms. The monoisotopic (exact) mass is 235 g/mol. The molecule has 0 aliphatic heterocycles. The lowest BCUT2D eigenvalue weighted by Gasteiger charge is -2.09. The second kappa shape index (κ2) is 6.31. The second-order valence-corrected chi connectivity index (χ2v) is 5.48. The van der Waals surface area contributed by atoms with Gasteiger partial charge in [-0.2, -0.15) is 11.8 Å². The molecule has 0 unspecified atom stereocenters. The van der Waals surface area contributed by atoms with Crippen molar-refractivity contribution in [3.05, 3.63) is 35.4 Å². The van der Waals surface area contributed by atoms with Crippen LogP contribution in [0, 0.1) is 0 Å². The van der Waals surface area contributed by atoms with Gasteiger partial charge in [0.15, 0.2) is 0 Å². The lowest BCUT2D eigenvalue weighted by molar-refractivity contribution is 0.674. The van der Waals surface area contributed by atoms with E-state index in [2.05, 4.69) is 35.8 Å². The maximum Gasteiger partial charge on any atom is 0.0208 e. The van der Waals surface area contributed by atoms with Crippen LogP contribution in [0.3, 0.4) is 0 Å². The van der Waals surface area contributed by atoms with Crippen LogP contribution in [0.15, 0.2) is 24.3 Å². The summed E-state index contributed by atoms with van der Waals surface area (Å²) in [4.78, 5) is 0. The van der Waals surface area contributed by atoms with E-state index in [1.807, 2.05) is 11.8 Å². The van der Waals surface area contributed by atoms with Crippen LogP contribution >= 0.6 is 11.8 Å². The molecule has 0 amide bonds. The Hall–Kier alpha value is -0.470. The number of nitrogens with one attached hydrogen (secondary N) is 1. The summed E-state index contributed by atoms with van der Waals surface area (Å²) in [7, 11) is 0. The summed E-state index contributed by atoms with van der Waals surface area (Å²) in [5.41, 5.74) is 3.09. The second-order valence-electron chi connectivity index (χ2n) is 4.50. The highest BCUT2D eigenvalue weighted by atomic mass is 32.2. The third kappa shape index (κ3) is 3.53. The van der Waals surface area contributed by atoms with Gasteiger partial charge in [-0.3, -0.25) is 0 Å². The molecule has 1 aliphatic rings. The summed E-state index contributed by atoms with van der Waals surface area (Å²) in [6.07, 6.45) is 6.22. The van der Waals surface area contributed by atoms with Gasteiger partial charge in [-0.05, 0) is 54.9 Å². The number of hydrogen-bond acceptors (Lipinski definition) is 2. The van der Waals surface area contributed by atoms with Gasteiger partial charge in [-0.1, -0.05) is 24.3 Å². The van der Waals surface area contributed by atoms with Crippen LogP contribution in [0.1, 0.15) is 36.3 Å². The van der Waals surface area contributed by atoms with Gasteiger partial charge in [0.05, 0.1) is 0 Å². The first-order valence-corrected chi connectivity index (χ1v) is 7.58. The maximum atomic E-state index is 3.55. The van der Waals surface area contributed by atoms with Crippen LogP contribution in [0.25, 0.3) is 0 Å². The Labute approximate surface area is 103 Å². The van der Waals surface area contributed by atoms with Crippen molar-refractivity contribution in [3.8, 4) is 0 Å². The summed E-state index contributed by atoms with van der Waals surface area (Å²) in [5, 5.41) is 3.55. The third-order valence-corrected chi connectivity index (χ3v) is 3.79. The van der Waals surface area contributed by atoms with Gasteiger partial charge in [0.2, 0.25) is 0 Å². The van der Waals surface area contributed by atoms with Crippen molar-refractivity contribution < 1.29 is 0 Å². The molecule has 2 rings (SSSR count). The van der Waals surface area contributed by atoms with Gasteiger partial charge in [-0.15, -0.1) is 0 Å². The van der Waals surface area contributed by atoms with Crippen LogP contribution in [0.2, 0.25) is 0 Å². The molecule has 0 aromatic heterocycles. The van der Waals surface area contributed by atoms with Crippen molar-refractivity contribution in [2.45, 2.75) is 31.7 Å². The predicted molar refractivity (Wildman–Crippen MR) is 73.1 cm³/mol. The van der Waals surface area contributed by atoms with E-state index >= 15 is 0 Å². The van der Waals surface area contributed by atoms with Gasteiger partial charge in [0.25, 0.3) is 0 Å². The number of thioether (sulfide) groups is 1. The van der Waals surface area contributed by atoms with E-state index in [0.717, 1.165) is 19.0 Å². The largest absolute Gasteiger partial charge is 0.313 e. The first-order valence-electron chi connectivity index (χ1n) is 6.19. The molecule has 0 heterocycles. The molecule has 2 heteroatoms. The van der Waals surface area contributed by atoms with Crippen molar-refractivity contribution in [1.82, 2.24) is 5.32 Å². The van der Waals surface area contributed by atoms with E-state index < -0.39 is 0 Å². The minimum Gasteiger partial charge on any atom is -0.313 e. The van der Waals surface area contributed by atoms with Crippen molar-refractivity contribution in [3.63, 3.8) is 0 Å². The average molecular weight is 235 g/mol. The van der Waals surface area contributed by atoms with E-state index in [0.29, 0.717) is 0 Å². The van der Waals surface area contributed by atoms with E-state index in [4.69, 9.17) is 0 Å². The zero-order chi connectivity index (χ0) is 11.2. The Balaban J connectivity index is 1.79. The molecule has 1 nitrogen and oxygen atoms in total. The molecular weight excluding hydrogens is 214 g/mol. The fraction of sp³-hybridized carbons (Fsp3) is 0.571. The molecule has 1 saturated carbocycles. The van der Waals surface area contributed by atoms with E-state index in [1.54, 1.807) is 5.56 Å². The predicted octanol–water partition coefficient (Wildman–Crippen LogP) is 3.41. The SMILES string of the molecule is CSCCCNCc1ccccc1C1CC1. The molecule has 1 N–H and O–H groups in total. The molecule has 0 atom stereocenters. The Morgan fingerprint density at radius 1 is 1.31 bits per heavy atom. The fourth-order valence-electron chi connectivity index (χ4n) is 2.05. The van der Waals surface area contributed by atoms with Gasteiger partial charge >= 0.3 is 0 Å². The average Bonchev–Trinajstić information content (AvgIpc) is 3.13. The fourth-order valence-corrected chi connectivity index (χ4v) is 2.49. The molecular formula is C14H21NS. The van der Waals surface area contributed by atoms with Crippen molar-refractivity contribution in [2.24, 2.45) is 0 Å². The Morgan fingerprint density at radius 2 is 2.12 bits per heavy atom. The number of benzene rings is 1. The quantitative estimate of drug-likeness (QED) is 0.727. The first-order chi connectivity index (χ1) is 7.92. The lowest BCUT2D eigenvalue weighted by Crippen LogP contribution is -2.16. The molecule has 0 bridgehead atoms. The van der Waals surface area contributed by atoms with Gasteiger partial charge in [0, 0.05) is 6.54 Å². The van der Waals surface area contributed by atoms with Crippen LogP contribution < -0.4 is 5.32 Å². The zero-order valence-electron chi connectivity index (χ0n) is 10.0. The van der Waals surface area contributed by atoms with Crippen LogP contribution in [-0.2, 0) is 6.54 Å². The Morgan fingerprint density at radius 3 is 2.88 bits per heavy atom. The van der Waals surface area contributed by atoms with Crippen molar-refractivity contribution in [1.29, 1.82) is 0 Å². The van der Waals surface area contributed by atoms with Crippen molar-refractivity contribution >= 4 is 11.8 Å². The Kier molecular flexibility index (Phi) is 4.73. The van der Waals surface area contributed by atoms with Gasteiger partial charge in [0.1, 0.15) is 0 Å². The number of rotatable bonds is 7. The van der Waals surface area contributed by atoms with Crippen LogP contribution in [-0.4, -0.2) is 18.6 Å². The van der Waals surface area contributed by atoms with E-state index in [1.165, 1.54) is 30.6 Å². The summed E-state index contributed by atoms with van der Waals surface area (Å²) in [6, 6.07) is 8.90. The highest BCUT2D eigenvalue weighted by Gasteiger charge is 2.25. The topological polar surface area (TPSA) is 12.0 Å². The minimum absolute atomic E-state index is 0.865. The summed E-state index contributed by atoms with van der Waals surface area (Å²) in [5.74, 6) is 2.13. The normalized spacial score (nSPS) is 15.3. The molecule has 1 aromatic carbocycles. The molecule has 88 valence electrons.